The fourth-order valence-corrected chi connectivity index (χ4v) is 2.70. The standard InChI is InChI=1S/C18H20O5/c1-3-22-16(20)14-10-11-18(12-14,17(21)23-4-2)15(19)13-8-6-5-7-9-13/h5-10H,3-4,11-12H2,1-2H3. The van der Waals surface area contributed by atoms with Crippen molar-refractivity contribution in [1.82, 2.24) is 0 Å². The van der Waals surface area contributed by atoms with Crippen molar-refractivity contribution in [3.8, 4) is 0 Å². The maximum Gasteiger partial charge on any atom is 0.333 e. The fraction of sp³-hybridized carbons (Fsp3) is 0.389. The van der Waals surface area contributed by atoms with Crippen LogP contribution in [0.25, 0.3) is 0 Å². The zero-order chi connectivity index (χ0) is 16.9. The predicted molar refractivity (Wildman–Crippen MR) is 83.8 cm³/mol. The van der Waals surface area contributed by atoms with Gasteiger partial charge in [-0.2, -0.15) is 0 Å². The molecule has 1 aromatic carbocycles. The first-order valence-electron chi connectivity index (χ1n) is 7.68. The van der Waals surface area contributed by atoms with Crippen molar-refractivity contribution in [2.45, 2.75) is 26.7 Å². The van der Waals surface area contributed by atoms with Gasteiger partial charge in [-0.15, -0.1) is 0 Å². The van der Waals surface area contributed by atoms with Crippen molar-refractivity contribution in [3.05, 3.63) is 47.5 Å². The summed E-state index contributed by atoms with van der Waals surface area (Å²) in [4.78, 5) is 37.3. The quantitative estimate of drug-likeness (QED) is 0.458. The Kier molecular flexibility index (Phi) is 5.32. The number of ether oxygens (including phenoxy) is 2. The molecular weight excluding hydrogens is 296 g/mol. The van der Waals surface area contributed by atoms with E-state index < -0.39 is 17.4 Å². The highest BCUT2D eigenvalue weighted by Crippen LogP contribution is 2.42. The lowest BCUT2D eigenvalue weighted by Crippen LogP contribution is -2.39. The van der Waals surface area contributed by atoms with E-state index in [0.29, 0.717) is 11.1 Å². The summed E-state index contributed by atoms with van der Waals surface area (Å²) in [5.41, 5.74) is -0.595. The fourth-order valence-electron chi connectivity index (χ4n) is 2.70. The molecule has 1 atom stereocenters. The zero-order valence-corrected chi connectivity index (χ0v) is 13.3. The molecular formula is C18H20O5. The molecule has 0 saturated carbocycles. The Hall–Kier alpha value is -2.43. The molecule has 0 fully saturated rings. The summed E-state index contributed by atoms with van der Waals surface area (Å²) in [7, 11) is 0. The topological polar surface area (TPSA) is 69.7 Å². The van der Waals surface area contributed by atoms with Crippen LogP contribution in [0.15, 0.2) is 42.0 Å². The summed E-state index contributed by atoms with van der Waals surface area (Å²) >= 11 is 0. The maximum absolute atomic E-state index is 12.9. The predicted octanol–water partition coefficient (Wildman–Crippen LogP) is 2.70. The number of hydrogen-bond acceptors (Lipinski definition) is 5. The van der Waals surface area contributed by atoms with Crippen molar-refractivity contribution in [1.29, 1.82) is 0 Å². The number of hydrogen-bond donors (Lipinski definition) is 0. The van der Waals surface area contributed by atoms with Gasteiger partial charge < -0.3 is 9.47 Å². The highest BCUT2D eigenvalue weighted by atomic mass is 16.5. The highest BCUT2D eigenvalue weighted by Gasteiger charge is 2.51. The van der Waals surface area contributed by atoms with Gasteiger partial charge in [-0.25, -0.2) is 4.79 Å². The molecule has 1 aliphatic rings. The van der Waals surface area contributed by atoms with Gasteiger partial charge in [0.15, 0.2) is 5.78 Å². The summed E-state index contributed by atoms with van der Waals surface area (Å²) in [5.74, 6) is -1.41. The molecule has 0 aromatic heterocycles. The van der Waals surface area contributed by atoms with Crippen LogP contribution in [-0.4, -0.2) is 30.9 Å². The third-order valence-electron chi connectivity index (χ3n) is 3.86. The molecule has 1 aliphatic carbocycles. The van der Waals surface area contributed by atoms with E-state index in [1.54, 1.807) is 50.3 Å². The highest BCUT2D eigenvalue weighted by molar-refractivity contribution is 6.14. The van der Waals surface area contributed by atoms with E-state index in [4.69, 9.17) is 9.47 Å². The summed E-state index contributed by atoms with van der Waals surface area (Å²) in [6, 6.07) is 8.59. The van der Waals surface area contributed by atoms with Crippen LogP contribution in [0, 0.1) is 5.41 Å². The van der Waals surface area contributed by atoms with Crippen LogP contribution in [0.3, 0.4) is 0 Å². The van der Waals surface area contributed by atoms with E-state index >= 15 is 0 Å². The molecule has 0 radical (unpaired) electrons. The Morgan fingerprint density at radius 3 is 2.30 bits per heavy atom. The lowest BCUT2D eigenvalue weighted by Gasteiger charge is -2.25. The van der Waals surface area contributed by atoms with E-state index in [1.165, 1.54) is 0 Å². The third kappa shape index (κ3) is 3.33. The number of carbonyl (C=O) groups excluding carboxylic acids is 3. The van der Waals surface area contributed by atoms with Crippen molar-refractivity contribution in [2.75, 3.05) is 13.2 Å². The molecule has 0 aliphatic heterocycles. The molecule has 1 unspecified atom stereocenters. The largest absolute Gasteiger partial charge is 0.465 e. The molecule has 23 heavy (non-hydrogen) atoms. The van der Waals surface area contributed by atoms with Crippen molar-refractivity contribution >= 4 is 17.7 Å². The van der Waals surface area contributed by atoms with E-state index in [0.717, 1.165) is 0 Å². The van der Waals surface area contributed by atoms with Crippen molar-refractivity contribution in [3.63, 3.8) is 0 Å². The summed E-state index contributed by atoms with van der Waals surface area (Å²) in [6.45, 7) is 3.82. The second-order valence-corrected chi connectivity index (χ2v) is 5.33. The van der Waals surface area contributed by atoms with Gasteiger partial charge in [-0.1, -0.05) is 36.4 Å². The number of esters is 2. The van der Waals surface area contributed by atoms with Crippen LogP contribution in [0.1, 0.15) is 37.0 Å². The SMILES string of the molecule is CCOC(=O)C1=CCC(C(=O)OCC)(C(=O)c2ccccc2)C1. The minimum atomic E-state index is -1.38. The van der Waals surface area contributed by atoms with E-state index in [2.05, 4.69) is 0 Å². The Labute approximate surface area is 135 Å². The average Bonchev–Trinajstić information content (AvgIpc) is 3.02. The summed E-state index contributed by atoms with van der Waals surface area (Å²) in [6.07, 6.45) is 1.77. The maximum atomic E-state index is 12.9. The van der Waals surface area contributed by atoms with Gasteiger partial charge in [-0.3, -0.25) is 9.59 Å². The smallest absolute Gasteiger partial charge is 0.333 e. The van der Waals surface area contributed by atoms with E-state index in [1.807, 2.05) is 0 Å². The van der Waals surface area contributed by atoms with Gasteiger partial charge in [0.2, 0.25) is 0 Å². The number of carbonyl (C=O) groups is 3. The van der Waals surface area contributed by atoms with E-state index in [9.17, 15) is 14.4 Å². The van der Waals surface area contributed by atoms with Crippen molar-refractivity contribution in [2.24, 2.45) is 5.41 Å². The van der Waals surface area contributed by atoms with Crippen LogP contribution in [0.2, 0.25) is 0 Å². The lowest BCUT2D eigenvalue weighted by atomic mass is 9.77. The average molecular weight is 316 g/mol. The molecule has 0 saturated heterocycles. The van der Waals surface area contributed by atoms with Gasteiger partial charge >= 0.3 is 11.9 Å². The van der Waals surface area contributed by atoms with Gasteiger partial charge in [0.25, 0.3) is 0 Å². The normalized spacial score (nSPS) is 19.8. The molecule has 2 rings (SSSR count). The van der Waals surface area contributed by atoms with Crippen molar-refractivity contribution < 1.29 is 23.9 Å². The third-order valence-corrected chi connectivity index (χ3v) is 3.86. The summed E-state index contributed by atoms with van der Waals surface area (Å²) < 4.78 is 10.1. The minimum absolute atomic E-state index is 0.0123. The first-order chi connectivity index (χ1) is 11.0. The molecule has 0 heterocycles. The van der Waals surface area contributed by atoms with Crippen LogP contribution >= 0.6 is 0 Å². The van der Waals surface area contributed by atoms with Crippen LogP contribution in [-0.2, 0) is 19.1 Å². The monoisotopic (exact) mass is 316 g/mol. The number of benzene rings is 1. The number of allylic oxidation sites excluding steroid dienone is 1. The minimum Gasteiger partial charge on any atom is -0.465 e. The Bertz CT molecular complexity index is 632. The first-order valence-corrected chi connectivity index (χ1v) is 7.68. The zero-order valence-electron chi connectivity index (χ0n) is 13.3. The summed E-state index contributed by atoms with van der Waals surface area (Å²) in [5, 5.41) is 0. The molecule has 0 bridgehead atoms. The Balaban J connectivity index is 2.32. The Morgan fingerprint density at radius 1 is 1.04 bits per heavy atom. The molecule has 5 nitrogen and oxygen atoms in total. The van der Waals surface area contributed by atoms with Gasteiger partial charge in [0.1, 0.15) is 5.41 Å². The number of Topliss-reactive ketones (excluding diaryl/α,β-unsaturated/α-hetero) is 1. The van der Waals surface area contributed by atoms with Crippen LogP contribution in [0.4, 0.5) is 0 Å². The van der Waals surface area contributed by atoms with Gasteiger partial charge in [0.05, 0.1) is 13.2 Å². The number of ketones is 1. The molecule has 1 aromatic rings. The molecule has 0 spiro atoms. The first kappa shape index (κ1) is 16.9. The van der Waals surface area contributed by atoms with Crippen LogP contribution < -0.4 is 0 Å². The Morgan fingerprint density at radius 2 is 1.70 bits per heavy atom. The number of rotatable bonds is 6. The second kappa shape index (κ2) is 7.22. The van der Waals surface area contributed by atoms with Gasteiger partial charge in [0, 0.05) is 17.6 Å². The molecule has 0 amide bonds. The van der Waals surface area contributed by atoms with Crippen LogP contribution in [0.5, 0.6) is 0 Å². The lowest BCUT2D eigenvalue weighted by molar-refractivity contribution is -0.151. The molecule has 122 valence electrons. The van der Waals surface area contributed by atoms with E-state index in [-0.39, 0.29) is 31.8 Å². The molecule has 5 heteroatoms. The molecule has 0 N–H and O–H groups in total. The van der Waals surface area contributed by atoms with Gasteiger partial charge in [-0.05, 0) is 20.3 Å². The second-order valence-electron chi connectivity index (χ2n) is 5.33.